The molecule has 0 amide bonds. The van der Waals surface area contributed by atoms with E-state index in [2.05, 4.69) is 120 Å². The molecule has 0 radical (unpaired) electrons. The number of fused-ring (bicyclic) bond motifs is 7. The molecule has 7 aromatic rings. The largest absolute Gasteiger partial charge is 0.307 e. The van der Waals surface area contributed by atoms with E-state index in [-0.39, 0.29) is 10.8 Å². The van der Waals surface area contributed by atoms with Crippen LogP contribution in [0.3, 0.4) is 0 Å². The fourth-order valence-corrected chi connectivity index (χ4v) is 7.27. The summed E-state index contributed by atoms with van der Waals surface area (Å²) < 4.78 is 4.82. The van der Waals surface area contributed by atoms with Crippen LogP contribution < -0.4 is 4.57 Å². The zero-order valence-electron chi connectivity index (χ0n) is 25.5. The monoisotopic (exact) mass is 526 g/mol. The van der Waals surface area contributed by atoms with Gasteiger partial charge >= 0.3 is 0 Å². The third-order valence-electron chi connectivity index (χ3n) is 8.72. The third-order valence-corrected chi connectivity index (χ3v) is 8.72. The van der Waals surface area contributed by atoms with Crippen molar-refractivity contribution in [3.8, 4) is 0 Å². The molecule has 3 heteroatoms. The molecule has 0 saturated carbocycles. The Kier molecular flexibility index (Phi) is 5.15. The smallest absolute Gasteiger partial charge is 0.287 e. The van der Waals surface area contributed by atoms with Gasteiger partial charge in [-0.05, 0) is 93.7 Å². The van der Waals surface area contributed by atoms with Crippen molar-refractivity contribution < 1.29 is 4.57 Å². The van der Waals surface area contributed by atoms with Gasteiger partial charge in [0.15, 0.2) is 5.52 Å². The van der Waals surface area contributed by atoms with Gasteiger partial charge in [-0.2, -0.15) is 0 Å². The Morgan fingerprint density at radius 2 is 1.30 bits per heavy atom. The second-order valence-electron chi connectivity index (χ2n) is 14.6. The molecule has 7 rings (SSSR count). The minimum Gasteiger partial charge on any atom is -0.307 e. The number of aryl methyl sites for hydroxylation is 3. The molecule has 0 fully saturated rings. The highest BCUT2D eigenvalue weighted by atomic mass is 15.0. The summed E-state index contributed by atoms with van der Waals surface area (Å²) in [5.41, 5.74) is 12.2. The Balaban J connectivity index is 1.74. The van der Waals surface area contributed by atoms with Crippen LogP contribution in [0.2, 0.25) is 0 Å². The molecule has 0 aliphatic heterocycles. The summed E-state index contributed by atoms with van der Waals surface area (Å²) in [7, 11) is 2.15. The van der Waals surface area contributed by atoms with Crippen molar-refractivity contribution in [3.63, 3.8) is 0 Å². The lowest BCUT2D eigenvalue weighted by molar-refractivity contribution is -0.646. The predicted molar refractivity (Wildman–Crippen MR) is 171 cm³/mol. The summed E-state index contributed by atoms with van der Waals surface area (Å²) >= 11 is 0. The minimum atomic E-state index is 0.227. The number of aromatic nitrogens is 3. The zero-order chi connectivity index (χ0) is 28.3. The van der Waals surface area contributed by atoms with Gasteiger partial charge in [0.1, 0.15) is 5.52 Å². The van der Waals surface area contributed by atoms with E-state index in [1.807, 2.05) is 6.33 Å². The second kappa shape index (κ2) is 8.16. The van der Waals surface area contributed by atoms with E-state index in [0.717, 1.165) is 18.4 Å². The number of benzene rings is 4. The summed E-state index contributed by atoms with van der Waals surface area (Å²) in [6, 6.07) is 18.8. The van der Waals surface area contributed by atoms with Crippen LogP contribution in [0.5, 0.6) is 0 Å². The normalized spacial score (nSPS) is 13.3. The maximum Gasteiger partial charge on any atom is 0.287 e. The molecule has 0 atom stereocenters. The van der Waals surface area contributed by atoms with Crippen molar-refractivity contribution in [1.82, 2.24) is 9.38 Å². The predicted octanol–water partition coefficient (Wildman–Crippen LogP) is 9.16. The lowest BCUT2D eigenvalue weighted by Gasteiger charge is -2.21. The number of hydrogen-bond donors (Lipinski definition) is 0. The average molecular weight is 527 g/mol. The summed E-state index contributed by atoms with van der Waals surface area (Å²) in [6.07, 6.45) is 4.10. The molecule has 40 heavy (non-hydrogen) atoms. The van der Waals surface area contributed by atoms with Gasteiger partial charge < -0.3 is 4.40 Å². The Morgan fingerprint density at radius 1 is 0.675 bits per heavy atom. The fraction of sp³-hybridized carbons (Fsp3) is 0.351. The van der Waals surface area contributed by atoms with Crippen LogP contribution in [0.25, 0.3) is 59.9 Å². The quantitative estimate of drug-likeness (QED) is 0.125. The standard InChI is InChI=1S/C37H40N3/c1-21-28-16-23(18-36(3,4)5)10-12-25(28)22(2)33-31(21)35-32-29(38-20-39(35)9)15-14-27-26-13-11-24(19-37(6,7)8)17-30(26)40(33)34(27)32/h10-17,20H,18-19H2,1-9H3/q+1. The van der Waals surface area contributed by atoms with Gasteiger partial charge in [-0.25, -0.2) is 4.57 Å². The summed E-state index contributed by atoms with van der Waals surface area (Å²) in [6.45, 7) is 18.6. The van der Waals surface area contributed by atoms with Gasteiger partial charge in [-0.1, -0.05) is 71.9 Å². The molecule has 0 aliphatic rings. The van der Waals surface area contributed by atoms with Gasteiger partial charge in [0.25, 0.3) is 6.33 Å². The lowest BCUT2D eigenvalue weighted by Crippen LogP contribution is -2.30. The molecule has 0 spiro atoms. The Morgan fingerprint density at radius 3 is 1.98 bits per heavy atom. The fourth-order valence-electron chi connectivity index (χ4n) is 7.27. The van der Waals surface area contributed by atoms with Crippen molar-refractivity contribution in [2.45, 2.75) is 68.2 Å². The molecule has 3 nitrogen and oxygen atoms in total. The van der Waals surface area contributed by atoms with Gasteiger partial charge in [-0.3, -0.25) is 0 Å². The Hall–Kier alpha value is -3.72. The van der Waals surface area contributed by atoms with E-state index in [9.17, 15) is 0 Å². The first-order chi connectivity index (χ1) is 18.8. The van der Waals surface area contributed by atoms with Crippen molar-refractivity contribution >= 4 is 59.9 Å². The topological polar surface area (TPSA) is 21.2 Å². The molecule has 4 aromatic carbocycles. The SMILES string of the molecule is Cc1c2cc(CC(C)(C)C)ccc2c(C)c2c1c1c3c(ccc4c5ccc(CC(C)(C)C)cc5n2c43)nc[n+]1C. The second-order valence-corrected chi connectivity index (χ2v) is 14.6. The van der Waals surface area contributed by atoms with E-state index in [0.29, 0.717) is 0 Å². The Bertz CT molecular complexity index is 2150. The number of nitrogens with zero attached hydrogens (tertiary/aromatic N) is 3. The van der Waals surface area contributed by atoms with Crippen LogP contribution in [0.1, 0.15) is 63.8 Å². The molecule has 3 heterocycles. The molecule has 0 unspecified atom stereocenters. The molecule has 0 aliphatic carbocycles. The van der Waals surface area contributed by atoms with Crippen LogP contribution >= 0.6 is 0 Å². The first kappa shape index (κ1) is 25.3. The van der Waals surface area contributed by atoms with E-state index in [4.69, 9.17) is 4.98 Å². The van der Waals surface area contributed by atoms with Gasteiger partial charge in [0.2, 0.25) is 0 Å². The lowest BCUT2D eigenvalue weighted by atomic mass is 9.86. The highest BCUT2D eigenvalue weighted by molar-refractivity contribution is 6.28. The van der Waals surface area contributed by atoms with Crippen LogP contribution in [0, 0.1) is 24.7 Å². The number of rotatable bonds is 2. The summed E-state index contributed by atoms with van der Waals surface area (Å²) in [5, 5.41) is 7.94. The average Bonchev–Trinajstić information content (AvgIpc) is 3.19. The molecular weight excluding hydrogens is 486 g/mol. The van der Waals surface area contributed by atoms with Gasteiger partial charge in [0.05, 0.1) is 34.4 Å². The van der Waals surface area contributed by atoms with Crippen molar-refractivity contribution in [1.29, 1.82) is 0 Å². The van der Waals surface area contributed by atoms with E-state index in [1.54, 1.807) is 0 Å². The van der Waals surface area contributed by atoms with Gasteiger partial charge in [0, 0.05) is 10.8 Å². The van der Waals surface area contributed by atoms with E-state index >= 15 is 0 Å². The van der Waals surface area contributed by atoms with E-state index in [1.165, 1.54) is 76.6 Å². The number of hydrogen-bond acceptors (Lipinski definition) is 1. The molecule has 0 N–H and O–H groups in total. The van der Waals surface area contributed by atoms with Crippen LogP contribution in [0.4, 0.5) is 0 Å². The Labute approximate surface area is 236 Å². The minimum absolute atomic E-state index is 0.227. The maximum absolute atomic E-state index is 4.89. The molecular formula is C37H40N3+. The summed E-state index contributed by atoms with van der Waals surface area (Å²) in [5.74, 6) is 0. The highest BCUT2D eigenvalue weighted by Crippen LogP contribution is 2.44. The molecule has 3 aromatic heterocycles. The first-order valence-corrected chi connectivity index (χ1v) is 14.6. The number of pyridine rings is 1. The van der Waals surface area contributed by atoms with Crippen LogP contribution in [-0.4, -0.2) is 9.38 Å². The highest BCUT2D eigenvalue weighted by Gasteiger charge is 2.27. The maximum atomic E-state index is 4.89. The van der Waals surface area contributed by atoms with Crippen LogP contribution in [-0.2, 0) is 19.9 Å². The van der Waals surface area contributed by atoms with Crippen molar-refractivity contribution in [2.24, 2.45) is 17.9 Å². The molecule has 0 bridgehead atoms. The van der Waals surface area contributed by atoms with E-state index < -0.39 is 0 Å². The molecule has 0 saturated heterocycles. The van der Waals surface area contributed by atoms with Crippen LogP contribution in [0.15, 0.2) is 54.9 Å². The first-order valence-electron chi connectivity index (χ1n) is 14.6. The molecule has 202 valence electrons. The van der Waals surface area contributed by atoms with Crippen molar-refractivity contribution in [3.05, 3.63) is 77.1 Å². The van der Waals surface area contributed by atoms with Crippen molar-refractivity contribution in [2.75, 3.05) is 0 Å². The third kappa shape index (κ3) is 3.63. The summed E-state index contributed by atoms with van der Waals surface area (Å²) in [4.78, 5) is 4.89. The van der Waals surface area contributed by atoms with Gasteiger partial charge in [-0.15, -0.1) is 0 Å². The zero-order valence-corrected chi connectivity index (χ0v) is 25.5.